The van der Waals surface area contributed by atoms with Crippen LogP contribution in [-0.2, 0) is 6.54 Å². The first-order valence-corrected chi connectivity index (χ1v) is 10.4. The van der Waals surface area contributed by atoms with Crippen LogP contribution in [0.4, 0.5) is 0 Å². The summed E-state index contributed by atoms with van der Waals surface area (Å²) in [5.74, 6) is 0.508. The van der Waals surface area contributed by atoms with Gasteiger partial charge in [-0.2, -0.15) is 5.26 Å². The van der Waals surface area contributed by atoms with E-state index in [2.05, 4.69) is 43.4 Å². The zero-order chi connectivity index (χ0) is 22.0. The molecule has 0 aliphatic heterocycles. The summed E-state index contributed by atoms with van der Waals surface area (Å²) < 4.78 is 6.09. The smallest absolute Gasteiger partial charge is 0.227 e. The Morgan fingerprint density at radius 2 is 1.81 bits per heavy atom. The monoisotopic (exact) mass is 411 g/mol. The Bertz CT molecular complexity index is 1280. The summed E-state index contributed by atoms with van der Waals surface area (Å²) in [5.41, 5.74) is 8.06. The van der Waals surface area contributed by atoms with Crippen LogP contribution in [0.2, 0.25) is 0 Å². The fourth-order valence-corrected chi connectivity index (χ4v) is 3.78. The summed E-state index contributed by atoms with van der Waals surface area (Å²) in [4.78, 5) is 4.72. The number of aromatic nitrogens is 1. The Morgan fingerprint density at radius 3 is 2.55 bits per heavy atom. The number of fused-ring (bicyclic) bond motifs is 1. The third kappa shape index (κ3) is 4.09. The first kappa shape index (κ1) is 20.8. The lowest BCUT2D eigenvalue weighted by Crippen LogP contribution is -2.28. The van der Waals surface area contributed by atoms with Gasteiger partial charge in [0.15, 0.2) is 5.58 Å². The lowest BCUT2D eigenvalue weighted by atomic mass is 9.94. The molecule has 1 atom stereocenters. The van der Waals surface area contributed by atoms with Crippen molar-refractivity contribution in [2.45, 2.75) is 33.4 Å². The van der Waals surface area contributed by atoms with Gasteiger partial charge in [-0.15, -0.1) is 0 Å². The number of aliphatic hydroxyl groups is 1. The standard InChI is InChI=1S/C26H25N3O2/c1-16-7-4-5-8-21(16)22-9-6-10-23(18(22)3)26-29-24-12-19(14-28-17(2)15-30)11-20(13-27)25(24)31-26/h4-12,17,28,30H,14-15H2,1-3H3. The molecule has 0 bridgehead atoms. The summed E-state index contributed by atoms with van der Waals surface area (Å²) in [6.45, 7) is 6.67. The molecule has 0 radical (unpaired) electrons. The number of nitriles is 1. The van der Waals surface area contributed by atoms with Gasteiger partial charge in [-0.1, -0.05) is 36.4 Å². The molecule has 5 nitrogen and oxygen atoms in total. The lowest BCUT2D eigenvalue weighted by molar-refractivity contribution is 0.251. The van der Waals surface area contributed by atoms with E-state index in [0.717, 1.165) is 22.3 Å². The third-order valence-electron chi connectivity index (χ3n) is 5.60. The molecule has 4 rings (SSSR count). The summed E-state index contributed by atoms with van der Waals surface area (Å²) >= 11 is 0. The Balaban J connectivity index is 1.78. The second kappa shape index (κ2) is 8.73. The van der Waals surface area contributed by atoms with Crippen LogP contribution >= 0.6 is 0 Å². The van der Waals surface area contributed by atoms with E-state index in [1.165, 1.54) is 11.1 Å². The first-order chi connectivity index (χ1) is 15.0. The molecule has 1 heterocycles. The average molecular weight is 412 g/mol. The molecule has 2 N–H and O–H groups in total. The summed E-state index contributed by atoms with van der Waals surface area (Å²) in [5, 5.41) is 22.1. The number of hydrogen-bond acceptors (Lipinski definition) is 5. The van der Waals surface area contributed by atoms with Crippen molar-refractivity contribution in [3.05, 3.63) is 76.9 Å². The van der Waals surface area contributed by atoms with Crippen LogP contribution in [0.3, 0.4) is 0 Å². The number of oxazole rings is 1. The van der Waals surface area contributed by atoms with Crippen molar-refractivity contribution in [3.8, 4) is 28.7 Å². The van der Waals surface area contributed by atoms with Crippen LogP contribution in [0, 0.1) is 25.2 Å². The van der Waals surface area contributed by atoms with Crippen LogP contribution in [0.5, 0.6) is 0 Å². The van der Waals surface area contributed by atoms with Crippen LogP contribution in [-0.4, -0.2) is 22.7 Å². The molecule has 4 aromatic rings. The van der Waals surface area contributed by atoms with Gasteiger partial charge in [-0.05, 0) is 66.8 Å². The van der Waals surface area contributed by atoms with E-state index in [4.69, 9.17) is 9.40 Å². The van der Waals surface area contributed by atoms with Crippen LogP contribution in [0.25, 0.3) is 33.7 Å². The summed E-state index contributed by atoms with van der Waals surface area (Å²) in [7, 11) is 0. The normalized spacial score (nSPS) is 12.1. The van der Waals surface area contributed by atoms with E-state index in [-0.39, 0.29) is 12.6 Å². The van der Waals surface area contributed by atoms with Gasteiger partial charge in [-0.25, -0.2) is 4.98 Å². The molecule has 1 aromatic heterocycles. The maximum atomic E-state index is 9.64. The molecular formula is C26H25N3O2. The number of aliphatic hydroxyl groups excluding tert-OH is 1. The molecule has 0 aliphatic carbocycles. The summed E-state index contributed by atoms with van der Waals surface area (Å²) in [6.07, 6.45) is 0. The van der Waals surface area contributed by atoms with E-state index in [1.807, 2.05) is 43.3 Å². The molecular weight excluding hydrogens is 386 g/mol. The van der Waals surface area contributed by atoms with E-state index in [0.29, 0.717) is 29.1 Å². The van der Waals surface area contributed by atoms with Gasteiger partial charge < -0.3 is 14.8 Å². The van der Waals surface area contributed by atoms with Crippen LogP contribution in [0.1, 0.15) is 29.2 Å². The lowest BCUT2D eigenvalue weighted by Gasteiger charge is -2.11. The third-order valence-corrected chi connectivity index (χ3v) is 5.60. The highest BCUT2D eigenvalue weighted by molar-refractivity contribution is 5.84. The van der Waals surface area contributed by atoms with Gasteiger partial charge in [0, 0.05) is 18.2 Å². The predicted octanol–water partition coefficient (Wildman–Crippen LogP) is 5.12. The Kier molecular flexibility index (Phi) is 5.85. The van der Waals surface area contributed by atoms with E-state index in [9.17, 15) is 10.4 Å². The number of rotatable bonds is 6. The van der Waals surface area contributed by atoms with E-state index < -0.39 is 0 Å². The molecule has 0 saturated heterocycles. The molecule has 1 unspecified atom stereocenters. The highest BCUT2D eigenvalue weighted by atomic mass is 16.3. The van der Waals surface area contributed by atoms with E-state index in [1.54, 1.807) is 0 Å². The SMILES string of the molecule is Cc1ccccc1-c1cccc(-c2nc3cc(CNC(C)CO)cc(C#N)c3o2)c1C. The Morgan fingerprint density at radius 1 is 1.06 bits per heavy atom. The van der Waals surface area contributed by atoms with Gasteiger partial charge in [0.05, 0.1) is 12.2 Å². The predicted molar refractivity (Wildman–Crippen MR) is 122 cm³/mol. The molecule has 156 valence electrons. The van der Waals surface area contributed by atoms with Crippen LogP contribution < -0.4 is 5.32 Å². The largest absolute Gasteiger partial charge is 0.435 e. The molecule has 0 spiro atoms. The molecule has 0 fully saturated rings. The molecule has 3 aromatic carbocycles. The number of aryl methyl sites for hydroxylation is 1. The van der Waals surface area contributed by atoms with Gasteiger partial charge in [-0.3, -0.25) is 0 Å². The average Bonchev–Trinajstić information content (AvgIpc) is 3.21. The Labute approximate surface area is 182 Å². The molecule has 0 aliphatic rings. The maximum Gasteiger partial charge on any atom is 0.227 e. The van der Waals surface area contributed by atoms with Crippen molar-refractivity contribution in [3.63, 3.8) is 0 Å². The number of nitrogens with zero attached hydrogens (tertiary/aromatic N) is 2. The molecule has 31 heavy (non-hydrogen) atoms. The van der Waals surface area contributed by atoms with Gasteiger partial charge >= 0.3 is 0 Å². The van der Waals surface area contributed by atoms with Crippen molar-refractivity contribution in [2.75, 3.05) is 6.61 Å². The highest BCUT2D eigenvalue weighted by Crippen LogP contribution is 2.35. The van der Waals surface area contributed by atoms with Crippen LogP contribution in [0.15, 0.2) is 59.0 Å². The van der Waals surface area contributed by atoms with Gasteiger partial charge in [0.1, 0.15) is 11.6 Å². The highest BCUT2D eigenvalue weighted by Gasteiger charge is 2.17. The topological polar surface area (TPSA) is 82.1 Å². The Hall–Kier alpha value is -3.46. The quantitative estimate of drug-likeness (QED) is 0.460. The minimum absolute atomic E-state index is 0.0269. The molecule has 5 heteroatoms. The zero-order valence-corrected chi connectivity index (χ0v) is 17.9. The van der Waals surface area contributed by atoms with Crippen molar-refractivity contribution < 1.29 is 9.52 Å². The van der Waals surface area contributed by atoms with E-state index >= 15 is 0 Å². The first-order valence-electron chi connectivity index (χ1n) is 10.4. The minimum atomic E-state index is -0.0269. The van der Waals surface area contributed by atoms with Crippen molar-refractivity contribution in [2.24, 2.45) is 0 Å². The van der Waals surface area contributed by atoms with Crippen molar-refractivity contribution in [1.29, 1.82) is 5.26 Å². The number of benzene rings is 3. The fraction of sp³-hybridized carbons (Fsp3) is 0.231. The molecule has 0 amide bonds. The number of nitrogens with one attached hydrogen (secondary N) is 1. The van der Waals surface area contributed by atoms with Crippen molar-refractivity contribution >= 4 is 11.1 Å². The van der Waals surface area contributed by atoms with Gasteiger partial charge in [0.2, 0.25) is 5.89 Å². The van der Waals surface area contributed by atoms with Crippen molar-refractivity contribution in [1.82, 2.24) is 10.3 Å². The number of hydrogen-bond donors (Lipinski definition) is 2. The second-order valence-corrected chi connectivity index (χ2v) is 7.88. The minimum Gasteiger partial charge on any atom is -0.435 e. The maximum absolute atomic E-state index is 9.64. The second-order valence-electron chi connectivity index (χ2n) is 7.88. The fourth-order valence-electron chi connectivity index (χ4n) is 3.78. The molecule has 0 saturated carbocycles. The zero-order valence-electron chi connectivity index (χ0n) is 17.9. The van der Waals surface area contributed by atoms with Gasteiger partial charge in [0.25, 0.3) is 0 Å². The summed E-state index contributed by atoms with van der Waals surface area (Å²) in [6, 6.07) is 20.4.